The third kappa shape index (κ3) is 2.99. The number of carbonyl (C=O) groups excluding carboxylic acids is 1. The first-order valence-electron chi connectivity index (χ1n) is 8.07. The molecule has 0 unspecified atom stereocenters. The highest BCUT2D eigenvalue weighted by atomic mass is 32.1. The molecule has 1 aromatic heterocycles. The average Bonchev–Trinajstić information content (AvgIpc) is 2.58. The van der Waals surface area contributed by atoms with E-state index in [0.717, 1.165) is 11.1 Å². The number of aromatic nitrogens is 2. The van der Waals surface area contributed by atoms with E-state index in [9.17, 15) is 14.7 Å². The Labute approximate surface area is 155 Å². The third-order valence-corrected chi connectivity index (χ3v) is 4.54. The van der Waals surface area contributed by atoms with Gasteiger partial charge in [0.25, 0.3) is 5.56 Å². The zero-order valence-electron chi connectivity index (χ0n) is 14.7. The molecular formula is C20H18N2O3S. The van der Waals surface area contributed by atoms with Crippen LogP contribution in [0.25, 0.3) is 11.4 Å². The number of aryl methyl sites for hydroxylation is 2. The first kappa shape index (κ1) is 17.8. The van der Waals surface area contributed by atoms with Gasteiger partial charge in [-0.2, -0.15) is 0 Å². The number of Topliss-reactive ketones (excluding diaryl/α,β-unsaturated/α-hetero) is 1. The number of hydrogen-bond acceptors (Lipinski definition) is 4. The first-order chi connectivity index (χ1) is 12.3. The molecule has 1 N–H and O–H groups in total. The van der Waals surface area contributed by atoms with Crippen LogP contribution in [0.5, 0.6) is 5.88 Å². The van der Waals surface area contributed by atoms with E-state index in [1.807, 2.05) is 38.1 Å². The Morgan fingerprint density at radius 1 is 0.885 bits per heavy atom. The highest BCUT2D eigenvalue weighted by molar-refractivity contribution is 7.71. The summed E-state index contributed by atoms with van der Waals surface area (Å²) in [5.74, 6) is -0.969. The molecule has 1 heterocycles. The van der Waals surface area contributed by atoms with Gasteiger partial charge in [-0.05, 0) is 57.3 Å². The maximum Gasteiger partial charge on any atom is 0.273 e. The lowest BCUT2D eigenvalue weighted by Gasteiger charge is -2.17. The molecule has 5 nitrogen and oxygen atoms in total. The second kappa shape index (κ2) is 6.72. The number of ketones is 1. The number of aromatic hydroxyl groups is 1. The minimum atomic E-state index is -0.632. The van der Waals surface area contributed by atoms with Crippen LogP contribution in [0.2, 0.25) is 0 Å². The van der Waals surface area contributed by atoms with Crippen LogP contribution in [0.15, 0.2) is 53.3 Å². The van der Waals surface area contributed by atoms with E-state index < -0.39 is 17.2 Å². The van der Waals surface area contributed by atoms with Gasteiger partial charge in [0.15, 0.2) is 10.6 Å². The van der Waals surface area contributed by atoms with Crippen LogP contribution in [0.4, 0.5) is 0 Å². The van der Waals surface area contributed by atoms with Crippen molar-refractivity contribution in [2.45, 2.75) is 20.8 Å². The molecule has 2 aromatic carbocycles. The van der Waals surface area contributed by atoms with Crippen molar-refractivity contribution in [1.82, 2.24) is 9.13 Å². The van der Waals surface area contributed by atoms with Crippen molar-refractivity contribution in [1.29, 1.82) is 0 Å². The fourth-order valence-electron chi connectivity index (χ4n) is 2.75. The molecule has 0 saturated heterocycles. The van der Waals surface area contributed by atoms with E-state index in [0.29, 0.717) is 11.4 Å². The molecule has 3 rings (SSSR count). The molecule has 0 spiro atoms. The number of rotatable bonds is 3. The fourth-order valence-corrected chi connectivity index (χ4v) is 3.13. The average molecular weight is 366 g/mol. The zero-order chi connectivity index (χ0) is 19.0. The summed E-state index contributed by atoms with van der Waals surface area (Å²) < 4.78 is 2.70. The Morgan fingerprint density at radius 3 is 1.73 bits per heavy atom. The Bertz CT molecular complexity index is 1110. The van der Waals surface area contributed by atoms with Crippen molar-refractivity contribution in [2.24, 2.45) is 0 Å². The summed E-state index contributed by atoms with van der Waals surface area (Å²) in [7, 11) is 0. The molecule has 0 aliphatic heterocycles. The number of hydrogen-bond donors (Lipinski definition) is 1. The van der Waals surface area contributed by atoms with Gasteiger partial charge in [-0.15, -0.1) is 0 Å². The molecule has 0 fully saturated rings. The lowest BCUT2D eigenvalue weighted by Crippen LogP contribution is -2.28. The van der Waals surface area contributed by atoms with Crippen LogP contribution in [-0.2, 0) is 0 Å². The molecule has 0 radical (unpaired) electrons. The molecule has 26 heavy (non-hydrogen) atoms. The summed E-state index contributed by atoms with van der Waals surface area (Å²) in [5, 5.41) is 10.6. The van der Waals surface area contributed by atoms with Crippen molar-refractivity contribution in [2.75, 3.05) is 0 Å². The minimum Gasteiger partial charge on any atom is -0.493 e. The monoisotopic (exact) mass is 366 g/mol. The summed E-state index contributed by atoms with van der Waals surface area (Å²) in [6.45, 7) is 5.13. The van der Waals surface area contributed by atoms with E-state index in [2.05, 4.69) is 0 Å². The van der Waals surface area contributed by atoms with Gasteiger partial charge in [-0.25, -0.2) is 0 Å². The van der Waals surface area contributed by atoms with Crippen LogP contribution in [0, 0.1) is 18.6 Å². The minimum absolute atomic E-state index is 0.0882. The molecular weight excluding hydrogens is 348 g/mol. The second-order valence-electron chi connectivity index (χ2n) is 6.18. The molecule has 0 amide bonds. The molecule has 3 aromatic rings. The molecule has 6 heteroatoms. The number of carbonyl (C=O) groups is 1. The van der Waals surface area contributed by atoms with E-state index in [4.69, 9.17) is 12.2 Å². The summed E-state index contributed by atoms with van der Waals surface area (Å²) in [6, 6.07) is 14.5. The molecule has 0 atom stereocenters. The molecule has 0 aliphatic carbocycles. The summed E-state index contributed by atoms with van der Waals surface area (Å²) in [6.07, 6.45) is 0. The van der Waals surface area contributed by atoms with Crippen molar-refractivity contribution in [3.8, 4) is 17.3 Å². The molecule has 132 valence electrons. The van der Waals surface area contributed by atoms with Crippen molar-refractivity contribution >= 4 is 18.0 Å². The van der Waals surface area contributed by atoms with E-state index in [1.54, 1.807) is 24.3 Å². The van der Waals surface area contributed by atoms with Crippen molar-refractivity contribution < 1.29 is 9.90 Å². The van der Waals surface area contributed by atoms with Gasteiger partial charge in [-0.1, -0.05) is 35.4 Å². The maximum atomic E-state index is 12.9. The Balaban J connectivity index is 2.44. The summed E-state index contributed by atoms with van der Waals surface area (Å²) in [4.78, 5) is 24.9. The maximum absolute atomic E-state index is 12.9. The lowest BCUT2D eigenvalue weighted by molar-refractivity contribution is 0.101. The molecule has 0 bridgehead atoms. The van der Waals surface area contributed by atoms with Gasteiger partial charge in [0.05, 0.1) is 11.4 Å². The smallest absolute Gasteiger partial charge is 0.273 e. The summed E-state index contributed by atoms with van der Waals surface area (Å²) >= 11 is 5.50. The van der Waals surface area contributed by atoms with Crippen molar-refractivity contribution in [3.05, 3.63) is 80.3 Å². The predicted molar refractivity (Wildman–Crippen MR) is 103 cm³/mol. The fraction of sp³-hybridized carbons (Fsp3) is 0.150. The lowest BCUT2D eigenvalue weighted by atomic mass is 10.2. The second-order valence-corrected chi connectivity index (χ2v) is 6.55. The molecule has 0 aliphatic rings. The van der Waals surface area contributed by atoms with Crippen LogP contribution in [-0.4, -0.2) is 20.0 Å². The summed E-state index contributed by atoms with van der Waals surface area (Å²) in [5.41, 5.74) is 2.26. The van der Waals surface area contributed by atoms with Gasteiger partial charge in [0.1, 0.15) is 5.56 Å². The van der Waals surface area contributed by atoms with E-state index >= 15 is 0 Å². The largest absolute Gasteiger partial charge is 0.493 e. The first-order valence-corrected chi connectivity index (χ1v) is 8.48. The quantitative estimate of drug-likeness (QED) is 0.564. The number of benzene rings is 2. The highest BCUT2D eigenvalue weighted by Gasteiger charge is 2.21. The van der Waals surface area contributed by atoms with Crippen LogP contribution >= 0.6 is 12.2 Å². The Kier molecular flexibility index (Phi) is 4.61. The van der Waals surface area contributed by atoms with Crippen LogP contribution in [0.1, 0.15) is 28.4 Å². The van der Waals surface area contributed by atoms with Gasteiger partial charge in [0, 0.05) is 0 Å². The van der Waals surface area contributed by atoms with Gasteiger partial charge in [0.2, 0.25) is 5.88 Å². The van der Waals surface area contributed by atoms with Crippen LogP contribution < -0.4 is 5.56 Å². The Morgan fingerprint density at radius 2 is 1.31 bits per heavy atom. The number of nitrogens with zero attached hydrogens (tertiary/aromatic N) is 2. The van der Waals surface area contributed by atoms with Crippen LogP contribution in [0.3, 0.4) is 0 Å². The zero-order valence-corrected chi connectivity index (χ0v) is 15.5. The van der Waals surface area contributed by atoms with Gasteiger partial charge >= 0.3 is 0 Å². The van der Waals surface area contributed by atoms with Gasteiger partial charge in [-0.3, -0.25) is 18.7 Å². The normalized spacial score (nSPS) is 10.7. The third-order valence-electron chi connectivity index (χ3n) is 4.17. The van der Waals surface area contributed by atoms with E-state index in [1.165, 1.54) is 16.1 Å². The van der Waals surface area contributed by atoms with Gasteiger partial charge < -0.3 is 5.11 Å². The molecule has 0 saturated carbocycles. The highest BCUT2D eigenvalue weighted by Crippen LogP contribution is 2.23. The standard InChI is InChI=1S/C20H18N2O3S/c1-12-4-8-15(9-5-12)21-18(24)17(14(3)23)19(25)22(20(21)26)16-10-6-13(2)7-11-16/h4-11,24H,1-3H3. The van der Waals surface area contributed by atoms with E-state index in [-0.39, 0.29) is 10.3 Å². The Hall–Kier alpha value is -2.99. The predicted octanol–water partition coefficient (Wildman–Crippen LogP) is 3.88. The van der Waals surface area contributed by atoms with Crippen molar-refractivity contribution in [3.63, 3.8) is 0 Å². The SMILES string of the molecule is CC(=O)c1c(O)n(-c2ccc(C)cc2)c(=S)n(-c2ccc(C)cc2)c1=O. The topological polar surface area (TPSA) is 64.2 Å².